The summed E-state index contributed by atoms with van der Waals surface area (Å²) >= 11 is 5.92. The van der Waals surface area contributed by atoms with E-state index in [-0.39, 0.29) is 5.95 Å². The van der Waals surface area contributed by atoms with Gasteiger partial charge in [0.05, 0.1) is 18.9 Å². The van der Waals surface area contributed by atoms with Crippen LogP contribution in [0.3, 0.4) is 0 Å². The highest BCUT2D eigenvalue weighted by Crippen LogP contribution is 2.17. The average molecular weight is 253 g/mol. The quantitative estimate of drug-likeness (QED) is 0.858. The predicted octanol–water partition coefficient (Wildman–Crippen LogP) is 1.33. The van der Waals surface area contributed by atoms with Gasteiger partial charge in [0.1, 0.15) is 5.02 Å². The first-order valence-corrected chi connectivity index (χ1v) is 5.54. The van der Waals surface area contributed by atoms with E-state index in [0.717, 1.165) is 12.1 Å². The van der Waals surface area contributed by atoms with Crippen molar-refractivity contribution in [1.29, 1.82) is 0 Å². The predicted molar refractivity (Wildman–Crippen MR) is 66.9 cm³/mol. The minimum absolute atomic E-state index is 0.201. The number of halogens is 1. The number of nitrogens with two attached hydrogens (primary N) is 1. The van der Waals surface area contributed by atoms with Crippen LogP contribution in [0, 0.1) is 6.92 Å². The number of nitrogens with zero attached hydrogens (tertiary/aromatic N) is 4. The van der Waals surface area contributed by atoms with Gasteiger partial charge in [-0.25, -0.2) is 4.98 Å². The lowest BCUT2D eigenvalue weighted by atomic mass is 10.4. The first-order valence-electron chi connectivity index (χ1n) is 5.16. The third kappa shape index (κ3) is 3.07. The molecule has 2 aromatic heterocycles. The molecule has 0 aliphatic rings. The lowest BCUT2D eigenvalue weighted by molar-refractivity contribution is 0.636. The fourth-order valence-corrected chi connectivity index (χ4v) is 1.54. The van der Waals surface area contributed by atoms with Crippen molar-refractivity contribution in [2.45, 2.75) is 13.5 Å². The van der Waals surface area contributed by atoms with Crippen molar-refractivity contribution in [3.63, 3.8) is 0 Å². The van der Waals surface area contributed by atoms with Crippen LogP contribution in [0.2, 0.25) is 5.02 Å². The van der Waals surface area contributed by atoms with Crippen molar-refractivity contribution in [2.75, 3.05) is 17.6 Å². The van der Waals surface area contributed by atoms with Crippen LogP contribution in [0.1, 0.15) is 5.56 Å². The van der Waals surface area contributed by atoms with Crippen LogP contribution < -0.4 is 11.1 Å². The Morgan fingerprint density at radius 3 is 3.00 bits per heavy atom. The summed E-state index contributed by atoms with van der Waals surface area (Å²) in [6, 6.07) is 0. The topological polar surface area (TPSA) is 81.7 Å². The zero-order valence-electron chi connectivity index (χ0n) is 9.39. The second-order valence-corrected chi connectivity index (χ2v) is 4.04. The highest BCUT2D eigenvalue weighted by atomic mass is 35.5. The first-order chi connectivity index (χ1) is 8.15. The summed E-state index contributed by atoms with van der Waals surface area (Å²) < 4.78 is 1.85. The summed E-state index contributed by atoms with van der Waals surface area (Å²) in [4.78, 5) is 7.79. The number of aromatic nitrogens is 4. The van der Waals surface area contributed by atoms with E-state index in [9.17, 15) is 0 Å². The second-order valence-electron chi connectivity index (χ2n) is 3.63. The largest absolute Gasteiger partial charge is 0.368 e. The molecule has 0 fully saturated rings. The van der Waals surface area contributed by atoms with Crippen molar-refractivity contribution >= 4 is 23.4 Å². The molecule has 0 atom stereocenters. The van der Waals surface area contributed by atoms with Gasteiger partial charge in [0, 0.05) is 12.7 Å². The van der Waals surface area contributed by atoms with Crippen LogP contribution in [0.25, 0.3) is 0 Å². The van der Waals surface area contributed by atoms with E-state index in [2.05, 4.69) is 20.4 Å². The standard InChI is InChI=1S/C10H13ClN6/c1-7-4-15-17(6-7)3-2-13-9-8(11)5-14-10(12)16-9/h4-6H,2-3H2,1H3,(H3,12,13,14,16). The number of aryl methyl sites for hydroxylation is 1. The van der Waals surface area contributed by atoms with Crippen molar-refractivity contribution < 1.29 is 0 Å². The SMILES string of the molecule is Cc1cnn(CCNc2nc(N)ncc2Cl)c1. The zero-order chi connectivity index (χ0) is 12.3. The molecule has 0 unspecified atom stereocenters. The number of hydrogen-bond acceptors (Lipinski definition) is 5. The Morgan fingerprint density at radius 2 is 2.29 bits per heavy atom. The molecule has 0 amide bonds. The van der Waals surface area contributed by atoms with Crippen LogP contribution >= 0.6 is 11.6 Å². The molecule has 0 spiro atoms. The molecule has 0 aliphatic carbocycles. The molecule has 0 saturated carbocycles. The minimum Gasteiger partial charge on any atom is -0.368 e. The molecule has 0 aliphatic heterocycles. The molecule has 17 heavy (non-hydrogen) atoms. The Labute approximate surface area is 104 Å². The zero-order valence-corrected chi connectivity index (χ0v) is 10.1. The van der Waals surface area contributed by atoms with Gasteiger partial charge in [-0.2, -0.15) is 10.1 Å². The molecule has 2 aromatic rings. The third-order valence-corrected chi connectivity index (χ3v) is 2.44. The van der Waals surface area contributed by atoms with E-state index < -0.39 is 0 Å². The van der Waals surface area contributed by atoms with E-state index in [4.69, 9.17) is 17.3 Å². The van der Waals surface area contributed by atoms with Gasteiger partial charge in [-0.1, -0.05) is 11.6 Å². The van der Waals surface area contributed by atoms with Gasteiger partial charge in [-0.3, -0.25) is 4.68 Å². The molecular weight excluding hydrogens is 240 g/mol. The molecule has 2 rings (SSSR count). The maximum atomic E-state index is 5.92. The number of nitrogens with one attached hydrogen (secondary N) is 1. The number of rotatable bonds is 4. The summed E-state index contributed by atoms with van der Waals surface area (Å²) in [6.07, 6.45) is 5.26. The van der Waals surface area contributed by atoms with Gasteiger partial charge in [0.25, 0.3) is 0 Å². The van der Waals surface area contributed by atoms with Crippen LogP contribution in [-0.2, 0) is 6.54 Å². The van der Waals surface area contributed by atoms with Crippen LogP contribution in [0.5, 0.6) is 0 Å². The van der Waals surface area contributed by atoms with Gasteiger partial charge in [0.2, 0.25) is 5.95 Å². The van der Waals surface area contributed by atoms with Crippen LogP contribution in [0.15, 0.2) is 18.6 Å². The average Bonchev–Trinajstić information content (AvgIpc) is 2.69. The van der Waals surface area contributed by atoms with E-state index in [0.29, 0.717) is 17.4 Å². The smallest absolute Gasteiger partial charge is 0.222 e. The van der Waals surface area contributed by atoms with Crippen LogP contribution in [0.4, 0.5) is 11.8 Å². The summed E-state index contributed by atoms with van der Waals surface area (Å²) in [6.45, 7) is 3.39. The maximum Gasteiger partial charge on any atom is 0.222 e. The van der Waals surface area contributed by atoms with Gasteiger partial charge in [0.15, 0.2) is 5.82 Å². The van der Waals surface area contributed by atoms with Crippen molar-refractivity contribution in [1.82, 2.24) is 19.7 Å². The van der Waals surface area contributed by atoms with E-state index in [1.54, 1.807) is 0 Å². The highest BCUT2D eigenvalue weighted by molar-refractivity contribution is 6.32. The Hall–Kier alpha value is -1.82. The molecule has 6 nitrogen and oxygen atoms in total. The fraction of sp³-hybridized carbons (Fsp3) is 0.300. The molecule has 0 saturated heterocycles. The summed E-state index contributed by atoms with van der Waals surface area (Å²) in [5.74, 6) is 0.745. The molecule has 2 heterocycles. The number of hydrogen-bond donors (Lipinski definition) is 2. The Kier molecular flexibility index (Phi) is 3.43. The summed E-state index contributed by atoms with van der Waals surface area (Å²) in [5.41, 5.74) is 6.61. The minimum atomic E-state index is 0.201. The monoisotopic (exact) mass is 252 g/mol. The van der Waals surface area contributed by atoms with Crippen molar-refractivity contribution in [3.8, 4) is 0 Å². The summed E-state index contributed by atoms with van der Waals surface area (Å²) in [5, 5.41) is 7.72. The van der Waals surface area contributed by atoms with Gasteiger partial charge >= 0.3 is 0 Å². The first kappa shape index (κ1) is 11.7. The molecule has 0 aromatic carbocycles. The molecule has 0 radical (unpaired) electrons. The Morgan fingerprint density at radius 1 is 1.47 bits per heavy atom. The van der Waals surface area contributed by atoms with Crippen LogP contribution in [-0.4, -0.2) is 26.3 Å². The molecule has 90 valence electrons. The lowest BCUT2D eigenvalue weighted by Crippen LogP contribution is -2.12. The van der Waals surface area contributed by atoms with E-state index in [1.165, 1.54) is 6.20 Å². The summed E-state index contributed by atoms with van der Waals surface area (Å²) in [7, 11) is 0. The number of nitrogen functional groups attached to an aromatic ring is 1. The van der Waals surface area contributed by atoms with Crippen molar-refractivity contribution in [3.05, 3.63) is 29.2 Å². The van der Waals surface area contributed by atoms with E-state index in [1.807, 2.05) is 24.0 Å². The molecule has 7 heteroatoms. The Balaban J connectivity index is 1.91. The molecular formula is C10H13ClN6. The maximum absolute atomic E-state index is 5.92. The third-order valence-electron chi connectivity index (χ3n) is 2.16. The van der Waals surface area contributed by atoms with E-state index >= 15 is 0 Å². The molecule has 0 bridgehead atoms. The fourth-order valence-electron chi connectivity index (χ4n) is 1.38. The Bertz CT molecular complexity index is 509. The van der Waals surface area contributed by atoms with Crippen molar-refractivity contribution in [2.24, 2.45) is 0 Å². The number of anilines is 2. The van der Waals surface area contributed by atoms with Gasteiger partial charge in [-0.05, 0) is 12.5 Å². The normalized spacial score (nSPS) is 10.5. The van der Waals surface area contributed by atoms with Gasteiger partial charge in [-0.15, -0.1) is 0 Å². The molecule has 3 N–H and O–H groups in total. The lowest BCUT2D eigenvalue weighted by Gasteiger charge is -2.07. The highest BCUT2D eigenvalue weighted by Gasteiger charge is 2.02. The second kappa shape index (κ2) is 5.01. The van der Waals surface area contributed by atoms with Gasteiger partial charge < -0.3 is 11.1 Å².